The molecule has 1 aliphatic heterocycles. The maximum Gasteiger partial charge on any atom is 0.0474 e. The van der Waals surface area contributed by atoms with Gasteiger partial charge in [-0.15, -0.1) is 0 Å². The van der Waals surface area contributed by atoms with Crippen molar-refractivity contribution in [3.05, 3.63) is 69.7 Å². The number of benzene rings is 2. The second-order valence-corrected chi connectivity index (χ2v) is 6.56. The molecule has 21 heavy (non-hydrogen) atoms. The van der Waals surface area contributed by atoms with Gasteiger partial charge in [0.25, 0.3) is 0 Å². The number of halogens is 1. The summed E-state index contributed by atoms with van der Waals surface area (Å²) in [5, 5.41) is 0. The standard InChI is InChI=1S/C18H21BrN2/c19-17-9-3-7-15(11-17)18(12-20)21-10-4-8-14-5-1-2-6-16(14)13-21/h1-3,5-7,9,11,18H,4,8,10,12-13,20H2. The average Bonchev–Trinajstić information content (AvgIpc) is 2.70. The Morgan fingerprint density at radius 3 is 2.67 bits per heavy atom. The van der Waals surface area contributed by atoms with Gasteiger partial charge in [-0.1, -0.05) is 52.3 Å². The Bertz CT molecular complexity index is 612. The van der Waals surface area contributed by atoms with E-state index in [1.807, 2.05) is 0 Å². The summed E-state index contributed by atoms with van der Waals surface area (Å²) in [6.07, 6.45) is 2.37. The van der Waals surface area contributed by atoms with E-state index in [1.54, 1.807) is 0 Å². The first-order valence-electron chi connectivity index (χ1n) is 7.54. The molecule has 0 spiro atoms. The second-order valence-electron chi connectivity index (χ2n) is 5.65. The molecule has 1 unspecified atom stereocenters. The molecule has 2 N–H and O–H groups in total. The highest BCUT2D eigenvalue weighted by Crippen LogP contribution is 2.28. The first-order valence-corrected chi connectivity index (χ1v) is 8.33. The fraction of sp³-hybridized carbons (Fsp3) is 0.333. The number of rotatable bonds is 3. The van der Waals surface area contributed by atoms with Crippen molar-refractivity contribution in [1.82, 2.24) is 4.90 Å². The molecule has 1 atom stereocenters. The lowest BCUT2D eigenvalue weighted by molar-refractivity contribution is 0.195. The minimum atomic E-state index is 0.286. The number of hydrogen-bond acceptors (Lipinski definition) is 2. The normalized spacial score (nSPS) is 17.0. The van der Waals surface area contributed by atoms with Crippen LogP contribution in [0.15, 0.2) is 53.0 Å². The van der Waals surface area contributed by atoms with Gasteiger partial charge in [-0.05, 0) is 48.2 Å². The van der Waals surface area contributed by atoms with Crippen LogP contribution in [-0.4, -0.2) is 18.0 Å². The molecule has 1 heterocycles. The van der Waals surface area contributed by atoms with Crippen LogP contribution in [-0.2, 0) is 13.0 Å². The van der Waals surface area contributed by atoms with E-state index in [1.165, 1.54) is 29.5 Å². The molecule has 1 aliphatic rings. The van der Waals surface area contributed by atoms with E-state index in [0.717, 1.165) is 17.6 Å². The summed E-state index contributed by atoms with van der Waals surface area (Å²) in [5.74, 6) is 0. The van der Waals surface area contributed by atoms with Gasteiger partial charge < -0.3 is 5.73 Å². The average molecular weight is 345 g/mol. The van der Waals surface area contributed by atoms with Gasteiger partial charge in [0.1, 0.15) is 0 Å². The fourth-order valence-electron chi connectivity index (χ4n) is 3.20. The maximum atomic E-state index is 6.10. The molecule has 0 bridgehead atoms. The molecule has 0 saturated heterocycles. The molecule has 2 nitrogen and oxygen atoms in total. The van der Waals surface area contributed by atoms with E-state index < -0.39 is 0 Å². The van der Waals surface area contributed by atoms with Gasteiger partial charge in [0.2, 0.25) is 0 Å². The Morgan fingerprint density at radius 1 is 1.10 bits per heavy atom. The fourth-order valence-corrected chi connectivity index (χ4v) is 3.62. The minimum Gasteiger partial charge on any atom is -0.329 e. The smallest absolute Gasteiger partial charge is 0.0474 e. The first-order chi connectivity index (χ1) is 10.3. The summed E-state index contributed by atoms with van der Waals surface area (Å²) in [7, 11) is 0. The van der Waals surface area contributed by atoms with Gasteiger partial charge >= 0.3 is 0 Å². The molecule has 0 fully saturated rings. The van der Waals surface area contributed by atoms with E-state index in [9.17, 15) is 0 Å². The van der Waals surface area contributed by atoms with Crippen molar-refractivity contribution in [2.75, 3.05) is 13.1 Å². The molecule has 0 radical (unpaired) electrons. The summed E-state index contributed by atoms with van der Waals surface area (Å²) in [5.41, 5.74) is 10.3. The first kappa shape index (κ1) is 14.8. The predicted octanol–water partition coefficient (Wildman–Crippen LogP) is 3.90. The third-order valence-corrected chi connectivity index (χ3v) is 4.77. The molecule has 0 aromatic heterocycles. The van der Waals surface area contributed by atoms with Crippen molar-refractivity contribution in [3.8, 4) is 0 Å². The molecule has 2 aromatic rings. The van der Waals surface area contributed by atoms with Gasteiger partial charge in [-0.25, -0.2) is 0 Å². The van der Waals surface area contributed by atoms with Crippen LogP contribution in [0.5, 0.6) is 0 Å². The van der Waals surface area contributed by atoms with Crippen LogP contribution in [0.25, 0.3) is 0 Å². The third-order valence-electron chi connectivity index (χ3n) is 4.28. The highest BCUT2D eigenvalue weighted by Gasteiger charge is 2.22. The van der Waals surface area contributed by atoms with E-state index in [0.29, 0.717) is 6.54 Å². The number of fused-ring (bicyclic) bond motifs is 1. The molecular formula is C18H21BrN2. The largest absolute Gasteiger partial charge is 0.329 e. The minimum absolute atomic E-state index is 0.286. The number of hydrogen-bond donors (Lipinski definition) is 1. The molecule has 2 aromatic carbocycles. The second kappa shape index (κ2) is 6.73. The maximum absolute atomic E-state index is 6.10. The zero-order valence-electron chi connectivity index (χ0n) is 12.1. The van der Waals surface area contributed by atoms with Gasteiger partial charge in [-0.2, -0.15) is 0 Å². The Morgan fingerprint density at radius 2 is 1.90 bits per heavy atom. The van der Waals surface area contributed by atoms with Crippen molar-refractivity contribution >= 4 is 15.9 Å². The monoisotopic (exact) mass is 344 g/mol. The van der Waals surface area contributed by atoms with Crippen molar-refractivity contribution in [2.45, 2.75) is 25.4 Å². The highest BCUT2D eigenvalue weighted by atomic mass is 79.9. The Balaban J connectivity index is 1.88. The van der Waals surface area contributed by atoms with E-state index in [2.05, 4.69) is 69.4 Å². The van der Waals surface area contributed by atoms with Crippen LogP contribution in [0.2, 0.25) is 0 Å². The van der Waals surface area contributed by atoms with Crippen LogP contribution in [0.4, 0.5) is 0 Å². The summed E-state index contributed by atoms with van der Waals surface area (Å²) in [6.45, 7) is 2.74. The van der Waals surface area contributed by atoms with Crippen LogP contribution < -0.4 is 5.73 Å². The molecule has 3 heteroatoms. The van der Waals surface area contributed by atoms with Crippen LogP contribution in [0, 0.1) is 0 Å². The lowest BCUT2D eigenvalue weighted by atomic mass is 10.0. The summed E-state index contributed by atoms with van der Waals surface area (Å²) < 4.78 is 1.12. The van der Waals surface area contributed by atoms with E-state index in [4.69, 9.17) is 5.73 Å². The Hall–Kier alpha value is -1.16. The SMILES string of the molecule is NCC(c1cccc(Br)c1)N1CCCc2ccccc2C1. The Labute approximate surface area is 135 Å². The van der Waals surface area contributed by atoms with Crippen LogP contribution in [0.1, 0.15) is 29.2 Å². The van der Waals surface area contributed by atoms with Crippen molar-refractivity contribution in [3.63, 3.8) is 0 Å². The molecule has 0 saturated carbocycles. The summed E-state index contributed by atoms with van der Waals surface area (Å²) >= 11 is 3.57. The molecule has 3 rings (SSSR count). The molecule has 110 valence electrons. The number of nitrogens with two attached hydrogens (primary N) is 1. The quantitative estimate of drug-likeness (QED) is 0.914. The van der Waals surface area contributed by atoms with E-state index >= 15 is 0 Å². The van der Waals surface area contributed by atoms with Crippen LogP contribution in [0.3, 0.4) is 0 Å². The van der Waals surface area contributed by atoms with Crippen molar-refractivity contribution < 1.29 is 0 Å². The Kier molecular flexibility index (Phi) is 4.73. The topological polar surface area (TPSA) is 29.3 Å². The van der Waals surface area contributed by atoms with Crippen molar-refractivity contribution in [2.24, 2.45) is 5.73 Å². The zero-order chi connectivity index (χ0) is 14.7. The van der Waals surface area contributed by atoms with Gasteiger partial charge in [0.15, 0.2) is 0 Å². The van der Waals surface area contributed by atoms with Gasteiger partial charge in [0, 0.05) is 23.6 Å². The highest BCUT2D eigenvalue weighted by molar-refractivity contribution is 9.10. The summed E-state index contributed by atoms with van der Waals surface area (Å²) in [4.78, 5) is 2.52. The lowest BCUT2D eigenvalue weighted by Crippen LogP contribution is -2.33. The third kappa shape index (κ3) is 3.37. The van der Waals surface area contributed by atoms with Gasteiger partial charge in [0.05, 0.1) is 0 Å². The molecular weight excluding hydrogens is 324 g/mol. The van der Waals surface area contributed by atoms with Crippen LogP contribution >= 0.6 is 15.9 Å². The molecule has 0 amide bonds. The zero-order valence-corrected chi connectivity index (χ0v) is 13.7. The lowest BCUT2D eigenvalue weighted by Gasteiger charge is -2.30. The molecule has 0 aliphatic carbocycles. The predicted molar refractivity (Wildman–Crippen MR) is 91.1 cm³/mol. The number of nitrogens with zero attached hydrogens (tertiary/aromatic N) is 1. The van der Waals surface area contributed by atoms with E-state index in [-0.39, 0.29) is 6.04 Å². The van der Waals surface area contributed by atoms with Crippen molar-refractivity contribution in [1.29, 1.82) is 0 Å². The number of aryl methyl sites for hydroxylation is 1. The summed E-state index contributed by atoms with van der Waals surface area (Å²) in [6, 6.07) is 17.6. The van der Waals surface area contributed by atoms with Gasteiger partial charge in [-0.3, -0.25) is 4.90 Å².